The number of hydrogen-bond donors (Lipinski definition) is 0. The van der Waals surface area contributed by atoms with Crippen molar-refractivity contribution in [2.75, 3.05) is 47.0 Å². The number of furan rings is 1. The summed E-state index contributed by atoms with van der Waals surface area (Å²) in [5.41, 5.74) is 4.07. The fourth-order valence-corrected chi connectivity index (χ4v) is 4.29. The molecule has 1 aromatic heterocycles. The van der Waals surface area contributed by atoms with Crippen molar-refractivity contribution in [1.82, 2.24) is 9.80 Å². The third kappa shape index (κ3) is 4.96. The highest BCUT2D eigenvalue weighted by atomic mass is 16.6. The number of ether oxygens (including phenoxy) is 3. The van der Waals surface area contributed by atoms with Crippen LogP contribution < -0.4 is 9.47 Å². The lowest BCUT2D eigenvalue weighted by atomic mass is 9.98. The number of methoxy groups -OCH3 is 2. The topological polar surface area (TPSA) is 81.5 Å². The largest absolute Gasteiger partial charge is 0.496 e. The van der Waals surface area contributed by atoms with E-state index in [0.717, 1.165) is 33.4 Å². The highest BCUT2D eigenvalue weighted by Crippen LogP contribution is 2.40. The summed E-state index contributed by atoms with van der Waals surface area (Å²) >= 11 is 0. The highest BCUT2D eigenvalue weighted by molar-refractivity contribution is 6.01. The normalized spacial score (nSPS) is 14.2. The number of carbonyl (C=O) groups is 2. The minimum absolute atomic E-state index is 0.106. The molecule has 1 aliphatic heterocycles. The van der Waals surface area contributed by atoms with Crippen LogP contribution >= 0.6 is 0 Å². The molecule has 2 amide bonds. The van der Waals surface area contributed by atoms with E-state index in [9.17, 15) is 9.59 Å². The number of hydrogen-bond acceptors (Lipinski definition) is 6. The zero-order valence-corrected chi connectivity index (χ0v) is 20.5. The number of piperazine rings is 1. The molecule has 8 nitrogen and oxygen atoms in total. The van der Waals surface area contributed by atoms with Gasteiger partial charge < -0.3 is 28.4 Å². The van der Waals surface area contributed by atoms with Crippen LogP contribution in [0.1, 0.15) is 19.4 Å². The van der Waals surface area contributed by atoms with Gasteiger partial charge in [-0.3, -0.25) is 4.79 Å². The first-order valence-electron chi connectivity index (χ1n) is 11.6. The van der Waals surface area contributed by atoms with Crippen LogP contribution in [0, 0.1) is 0 Å². The second-order valence-corrected chi connectivity index (χ2v) is 8.24. The number of benzene rings is 2. The average molecular weight is 479 g/mol. The maximum absolute atomic E-state index is 13.0. The Balaban J connectivity index is 1.61. The Labute approximate surface area is 204 Å². The van der Waals surface area contributed by atoms with Crippen LogP contribution in [0.4, 0.5) is 4.79 Å². The molecule has 0 bridgehead atoms. The van der Waals surface area contributed by atoms with Gasteiger partial charge in [-0.15, -0.1) is 0 Å². The predicted molar refractivity (Wildman–Crippen MR) is 134 cm³/mol. The molecule has 0 radical (unpaired) electrons. The summed E-state index contributed by atoms with van der Waals surface area (Å²) in [5.74, 6) is 1.26. The molecule has 0 saturated carbocycles. The Morgan fingerprint density at radius 2 is 1.66 bits per heavy atom. The smallest absolute Gasteiger partial charge is 0.409 e. The van der Waals surface area contributed by atoms with E-state index >= 15 is 0 Å². The summed E-state index contributed by atoms with van der Waals surface area (Å²) in [7, 11) is 3.24. The molecule has 0 unspecified atom stereocenters. The molecular weight excluding hydrogens is 448 g/mol. The molecule has 8 heteroatoms. The van der Waals surface area contributed by atoms with E-state index < -0.39 is 0 Å². The van der Waals surface area contributed by atoms with Crippen molar-refractivity contribution in [2.24, 2.45) is 0 Å². The quantitative estimate of drug-likeness (QED) is 0.473. The van der Waals surface area contributed by atoms with Gasteiger partial charge in [0.1, 0.15) is 17.1 Å². The van der Waals surface area contributed by atoms with Crippen molar-refractivity contribution >= 4 is 28.5 Å². The van der Waals surface area contributed by atoms with Crippen LogP contribution in [0.3, 0.4) is 0 Å². The molecule has 35 heavy (non-hydrogen) atoms. The molecule has 1 fully saturated rings. The monoisotopic (exact) mass is 478 g/mol. The van der Waals surface area contributed by atoms with E-state index in [1.165, 1.54) is 0 Å². The second kappa shape index (κ2) is 10.5. The molecule has 0 N–H and O–H groups in total. The minimum atomic E-state index is -0.338. The summed E-state index contributed by atoms with van der Waals surface area (Å²) in [6.07, 6.45) is 2.99. The van der Waals surface area contributed by atoms with Crippen LogP contribution in [0.5, 0.6) is 11.5 Å². The summed E-state index contributed by atoms with van der Waals surface area (Å²) in [4.78, 5) is 28.3. The van der Waals surface area contributed by atoms with Crippen molar-refractivity contribution < 1.29 is 28.2 Å². The van der Waals surface area contributed by atoms with Crippen molar-refractivity contribution in [1.29, 1.82) is 0 Å². The van der Waals surface area contributed by atoms with E-state index in [0.29, 0.717) is 44.1 Å². The van der Waals surface area contributed by atoms with Gasteiger partial charge in [-0.05, 0) is 31.6 Å². The van der Waals surface area contributed by atoms with Crippen LogP contribution in [-0.2, 0) is 9.53 Å². The number of nitrogens with zero attached hydrogens (tertiary/aromatic N) is 2. The van der Waals surface area contributed by atoms with Gasteiger partial charge in [0.25, 0.3) is 0 Å². The molecule has 4 rings (SSSR count). The molecule has 2 aromatic carbocycles. The molecule has 2 heterocycles. The number of fused-ring (bicyclic) bond motifs is 1. The molecule has 0 spiro atoms. The highest BCUT2D eigenvalue weighted by Gasteiger charge is 2.24. The Morgan fingerprint density at radius 1 is 0.971 bits per heavy atom. The van der Waals surface area contributed by atoms with Gasteiger partial charge in [-0.25, -0.2) is 4.79 Å². The van der Waals surface area contributed by atoms with Gasteiger partial charge in [0.2, 0.25) is 5.91 Å². The van der Waals surface area contributed by atoms with E-state index in [1.54, 1.807) is 43.3 Å². The van der Waals surface area contributed by atoms with Crippen LogP contribution in [-0.4, -0.2) is 68.8 Å². The number of carbonyl (C=O) groups excluding carboxylic acids is 2. The molecule has 1 aliphatic rings. The molecule has 184 valence electrons. The third-order valence-corrected chi connectivity index (χ3v) is 6.17. The Bertz CT molecular complexity index is 1250. The van der Waals surface area contributed by atoms with Crippen LogP contribution in [0.15, 0.2) is 53.2 Å². The first-order chi connectivity index (χ1) is 17.0. The van der Waals surface area contributed by atoms with E-state index in [1.807, 2.05) is 43.3 Å². The fraction of sp³-hybridized carbons (Fsp3) is 0.333. The Kier molecular flexibility index (Phi) is 7.29. The summed E-state index contributed by atoms with van der Waals surface area (Å²) in [6.45, 7) is 5.81. The van der Waals surface area contributed by atoms with Gasteiger partial charge in [0, 0.05) is 60.4 Å². The number of rotatable bonds is 6. The maximum Gasteiger partial charge on any atom is 0.409 e. The van der Waals surface area contributed by atoms with E-state index in [-0.39, 0.29) is 12.0 Å². The average Bonchev–Trinajstić information content (AvgIpc) is 3.30. The van der Waals surface area contributed by atoms with Gasteiger partial charge in [0.15, 0.2) is 0 Å². The first-order valence-corrected chi connectivity index (χ1v) is 11.6. The molecule has 1 saturated heterocycles. The lowest BCUT2D eigenvalue weighted by Gasteiger charge is -2.33. The van der Waals surface area contributed by atoms with Gasteiger partial charge in [0.05, 0.1) is 27.1 Å². The zero-order valence-electron chi connectivity index (χ0n) is 20.5. The predicted octanol–water partition coefficient (Wildman–Crippen LogP) is 4.82. The zero-order chi connectivity index (χ0) is 24.9. The van der Waals surface area contributed by atoms with Crippen LogP contribution in [0.2, 0.25) is 0 Å². The van der Waals surface area contributed by atoms with Gasteiger partial charge in [-0.2, -0.15) is 0 Å². The second-order valence-electron chi connectivity index (χ2n) is 8.24. The summed E-state index contributed by atoms with van der Waals surface area (Å²) in [5, 5.41) is 0.897. The first kappa shape index (κ1) is 24.2. The fourth-order valence-electron chi connectivity index (χ4n) is 4.29. The molecule has 0 aliphatic carbocycles. The summed E-state index contributed by atoms with van der Waals surface area (Å²) in [6, 6.07) is 11.6. The van der Waals surface area contributed by atoms with Crippen molar-refractivity contribution in [3.05, 3.63) is 54.3 Å². The maximum atomic E-state index is 13.0. The van der Waals surface area contributed by atoms with Crippen molar-refractivity contribution in [3.63, 3.8) is 0 Å². The standard InChI is InChI=1S/C27H30N2O6/c1-5-34-27(31)29-12-10-28(11-13-29)26(30)14-18(2)20-15-21-22(17-35-25(21)16-24(20)33-4)19-8-6-7-9-23(19)32-3/h6-9,14-17H,5,10-13H2,1-4H3/b18-14+. The van der Waals surface area contributed by atoms with Crippen molar-refractivity contribution in [3.8, 4) is 22.6 Å². The molecule has 0 atom stereocenters. The minimum Gasteiger partial charge on any atom is -0.496 e. The van der Waals surface area contributed by atoms with E-state index in [2.05, 4.69) is 0 Å². The van der Waals surface area contributed by atoms with Crippen LogP contribution in [0.25, 0.3) is 27.7 Å². The van der Waals surface area contributed by atoms with Crippen molar-refractivity contribution in [2.45, 2.75) is 13.8 Å². The number of allylic oxidation sites excluding steroid dienone is 1. The lowest BCUT2D eigenvalue weighted by Crippen LogP contribution is -2.50. The van der Waals surface area contributed by atoms with E-state index in [4.69, 9.17) is 18.6 Å². The number of para-hydroxylation sites is 1. The summed E-state index contributed by atoms with van der Waals surface area (Å²) < 4.78 is 22.0. The SMILES string of the molecule is CCOC(=O)N1CCN(C(=O)/C=C(\C)c2cc3c(-c4ccccc4OC)coc3cc2OC)CC1. The number of amides is 2. The van der Waals surface area contributed by atoms with Gasteiger partial charge >= 0.3 is 6.09 Å². The molecule has 3 aromatic rings. The Hall–Kier alpha value is -3.94. The lowest BCUT2D eigenvalue weighted by molar-refractivity contribution is -0.127. The molecular formula is C27H30N2O6. The van der Waals surface area contributed by atoms with Gasteiger partial charge in [-0.1, -0.05) is 18.2 Å². The Morgan fingerprint density at radius 3 is 2.34 bits per heavy atom. The third-order valence-electron chi connectivity index (χ3n) is 6.17.